The molecule has 0 atom stereocenters. The zero-order valence-electron chi connectivity index (χ0n) is 12.2. The Hall–Kier alpha value is -2.79. The van der Waals surface area contributed by atoms with E-state index in [-0.39, 0.29) is 12.5 Å². The van der Waals surface area contributed by atoms with E-state index in [0.717, 1.165) is 16.7 Å². The molecule has 1 aromatic carbocycles. The van der Waals surface area contributed by atoms with Gasteiger partial charge in [-0.1, -0.05) is 24.8 Å². The number of carbonyl (C=O) groups excluding carboxylic acids is 1. The number of benzene rings is 1. The van der Waals surface area contributed by atoms with Crippen LogP contribution in [0.25, 0.3) is 16.8 Å². The van der Waals surface area contributed by atoms with E-state index in [1.54, 1.807) is 18.6 Å². The number of hydrogen-bond acceptors (Lipinski definition) is 4. The van der Waals surface area contributed by atoms with Crippen LogP contribution in [0.5, 0.6) is 0 Å². The summed E-state index contributed by atoms with van der Waals surface area (Å²) < 4.78 is 0. The molecule has 0 aliphatic carbocycles. The van der Waals surface area contributed by atoms with E-state index in [9.17, 15) is 4.79 Å². The molecule has 2 aromatic rings. The first-order valence-electron chi connectivity index (χ1n) is 6.89. The number of rotatable bonds is 6. The number of nitrogens with zero attached hydrogens (tertiary/aromatic N) is 2. The largest absolute Gasteiger partial charge is 0.350 e. The molecule has 0 spiro atoms. The number of amides is 1. The van der Waals surface area contributed by atoms with Crippen molar-refractivity contribution in [2.45, 2.75) is 0 Å². The highest BCUT2D eigenvalue weighted by Crippen LogP contribution is 2.22. The van der Waals surface area contributed by atoms with Crippen LogP contribution in [0, 0.1) is 0 Å². The predicted octanol–water partition coefficient (Wildman–Crippen LogP) is 1.86. The van der Waals surface area contributed by atoms with Crippen LogP contribution >= 0.6 is 0 Å². The molecule has 1 amide bonds. The first kappa shape index (κ1) is 15.6. The SMILES string of the molecule is C=C(N=CCNC(=O)CN)c1cccc(-c2ccncc2)c1. The maximum Gasteiger partial charge on any atom is 0.234 e. The minimum absolute atomic E-state index is 0.0250. The Balaban J connectivity index is 2.05. The fourth-order valence-corrected chi connectivity index (χ4v) is 1.88. The maximum absolute atomic E-state index is 11.0. The highest BCUT2D eigenvalue weighted by atomic mass is 16.1. The molecule has 22 heavy (non-hydrogen) atoms. The zero-order chi connectivity index (χ0) is 15.8. The monoisotopic (exact) mass is 294 g/mol. The normalized spacial score (nSPS) is 10.6. The van der Waals surface area contributed by atoms with Gasteiger partial charge in [-0.25, -0.2) is 0 Å². The van der Waals surface area contributed by atoms with Crippen LogP contribution in [0.2, 0.25) is 0 Å². The van der Waals surface area contributed by atoms with E-state index in [2.05, 4.69) is 21.9 Å². The third-order valence-electron chi connectivity index (χ3n) is 3.03. The van der Waals surface area contributed by atoms with E-state index in [1.165, 1.54) is 0 Å². The minimum atomic E-state index is -0.211. The van der Waals surface area contributed by atoms with Crippen molar-refractivity contribution in [2.24, 2.45) is 10.7 Å². The lowest BCUT2D eigenvalue weighted by Crippen LogP contribution is -2.31. The van der Waals surface area contributed by atoms with Crippen LogP contribution in [-0.2, 0) is 4.79 Å². The van der Waals surface area contributed by atoms with Gasteiger partial charge in [-0.2, -0.15) is 0 Å². The molecule has 112 valence electrons. The van der Waals surface area contributed by atoms with E-state index in [0.29, 0.717) is 12.2 Å². The van der Waals surface area contributed by atoms with Crippen molar-refractivity contribution >= 4 is 17.8 Å². The molecular weight excluding hydrogens is 276 g/mol. The van der Waals surface area contributed by atoms with Gasteiger partial charge in [0, 0.05) is 24.2 Å². The molecule has 0 unspecified atom stereocenters. The summed E-state index contributed by atoms with van der Waals surface area (Å²) in [6, 6.07) is 11.9. The molecule has 5 nitrogen and oxygen atoms in total. The van der Waals surface area contributed by atoms with Gasteiger partial charge < -0.3 is 11.1 Å². The van der Waals surface area contributed by atoms with E-state index in [4.69, 9.17) is 5.73 Å². The Morgan fingerprint density at radius 2 is 2.05 bits per heavy atom. The summed E-state index contributed by atoms with van der Waals surface area (Å²) in [6.07, 6.45) is 5.12. The summed E-state index contributed by atoms with van der Waals surface area (Å²) in [5, 5.41) is 2.62. The van der Waals surface area contributed by atoms with Gasteiger partial charge in [-0.15, -0.1) is 0 Å². The van der Waals surface area contributed by atoms with Gasteiger partial charge in [0.25, 0.3) is 0 Å². The van der Waals surface area contributed by atoms with E-state index >= 15 is 0 Å². The lowest BCUT2D eigenvalue weighted by molar-refractivity contribution is -0.119. The molecule has 0 aliphatic rings. The lowest BCUT2D eigenvalue weighted by Gasteiger charge is -2.05. The highest BCUT2D eigenvalue weighted by Gasteiger charge is 2.01. The van der Waals surface area contributed by atoms with Crippen molar-refractivity contribution < 1.29 is 4.79 Å². The molecule has 1 aromatic heterocycles. The smallest absolute Gasteiger partial charge is 0.234 e. The lowest BCUT2D eigenvalue weighted by atomic mass is 10.0. The number of aromatic nitrogens is 1. The number of nitrogens with two attached hydrogens (primary N) is 1. The van der Waals surface area contributed by atoms with E-state index < -0.39 is 0 Å². The molecule has 0 fully saturated rings. The molecule has 3 N–H and O–H groups in total. The molecule has 2 rings (SSSR count). The van der Waals surface area contributed by atoms with Gasteiger partial charge in [0.2, 0.25) is 5.91 Å². The number of nitrogens with one attached hydrogen (secondary N) is 1. The summed E-state index contributed by atoms with van der Waals surface area (Å²) in [4.78, 5) is 19.3. The molecule has 5 heteroatoms. The Kier molecular flexibility index (Phi) is 5.57. The van der Waals surface area contributed by atoms with Crippen LogP contribution < -0.4 is 11.1 Å². The van der Waals surface area contributed by atoms with Crippen LogP contribution in [0.4, 0.5) is 0 Å². The fraction of sp³-hybridized carbons (Fsp3) is 0.118. The quantitative estimate of drug-likeness (QED) is 0.798. The number of hydrogen-bond donors (Lipinski definition) is 2. The number of pyridine rings is 1. The Labute approximate surface area is 129 Å². The molecule has 0 saturated carbocycles. The van der Waals surface area contributed by atoms with Gasteiger partial charge in [0.1, 0.15) is 0 Å². The fourth-order valence-electron chi connectivity index (χ4n) is 1.88. The predicted molar refractivity (Wildman–Crippen MR) is 89.3 cm³/mol. The van der Waals surface area contributed by atoms with Crippen molar-refractivity contribution in [3.8, 4) is 11.1 Å². The average molecular weight is 294 g/mol. The van der Waals surface area contributed by atoms with E-state index in [1.807, 2.05) is 36.4 Å². The van der Waals surface area contributed by atoms with Crippen molar-refractivity contribution in [1.82, 2.24) is 10.3 Å². The number of carbonyl (C=O) groups is 1. The topological polar surface area (TPSA) is 80.4 Å². The summed E-state index contributed by atoms with van der Waals surface area (Å²) in [7, 11) is 0. The van der Waals surface area contributed by atoms with Crippen LogP contribution in [0.15, 0.2) is 60.4 Å². The third-order valence-corrected chi connectivity index (χ3v) is 3.03. The Morgan fingerprint density at radius 1 is 1.27 bits per heavy atom. The Bertz CT molecular complexity index is 680. The first-order valence-corrected chi connectivity index (χ1v) is 6.89. The molecular formula is C17H18N4O. The molecule has 1 heterocycles. The summed E-state index contributed by atoms with van der Waals surface area (Å²) in [6.45, 7) is 4.26. The summed E-state index contributed by atoms with van der Waals surface area (Å²) >= 11 is 0. The first-order chi connectivity index (χ1) is 10.7. The van der Waals surface area contributed by atoms with Crippen LogP contribution in [0.1, 0.15) is 5.56 Å². The van der Waals surface area contributed by atoms with Crippen molar-refractivity contribution in [1.29, 1.82) is 0 Å². The average Bonchev–Trinajstić information content (AvgIpc) is 2.59. The second kappa shape index (κ2) is 7.85. The molecule has 0 radical (unpaired) electrons. The highest BCUT2D eigenvalue weighted by molar-refractivity contribution is 5.82. The van der Waals surface area contributed by atoms with Crippen LogP contribution in [0.3, 0.4) is 0 Å². The van der Waals surface area contributed by atoms with Crippen molar-refractivity contribution in [2.75, 3.05) is 13.1 Å². The molecule has 0 saturated heterocycles. The second-order valence-electron chi connectivity index (χ2n) is 4.58. The maximum atomic E-state index is 11.0. The van der Waals surface area contributed by atoms with Gasteiger partial charge >= 0.3 is 0 Å². The summed E-state index contributed by atoms with van der Waals surface area (Å²) in [5.41, 5.74) is 8.93. The minimum Gasteiger partial charge on any atom is -0.350 e. The standard InChI is InChI=1S/C17H18N4O/c1-13(20-9-10-21-17(22)12-18)15-3-2-4-16(11-15)14-5-7-19-8-6-14/h2-9,11H,1,10,12,18H2,(H,21,22). The molecule has 0 aliphatic heterocycles. The van der Waals surface area contributed by atoms with Crippen LogP contribution in [-0.4, -0.2) is 30.2 Å². The van der Waals surface area contributed by atoms with Crippen molar-refractivity contribution in [3.05, 3.63) is 60.9 Å². The van der Waals surface area contributed by atoms with Gasteiger partial charge in [0.15, 0.2) is 0 Å². The van der Waals surface area contributed by atoms with Crippen molar-refractivity contribution in [3.63, 3.8) is 0 Å². The van der Waals surface area contributed by atoms with Gasteiger partial charge in [-0.05, 0) is 29.3 Å². The Morgan fingerprint density at radius 3 is 2.77 bits per heavy atom. The van der Waals surface area contributed by atoms with Gasteiger partial charge in [0.05, 0.1) is 18.8 Å². The second-order valence-corrected chi connectivity index (χ2v) is 4.58. The number of aliphatic imine (C=N–C) groups is 1. The zero-order valence-corrected chi connectivity index (χ0v) is 12.2. The third kappa shape index (κ3) is 4.36. The summed E-state index contributed by atoms with van der Waals surface area (Å²) in [5.74, 6) is -0.211. The van der Waals surface area contributed by atoms with Gasteiger partial charge in [-0.3, -0.25) is 14.8 Å². The molecule has 0 bridgehead atoms.